The first-order valence-corrected chi connectivity index (χ1v) is 9.47. The number of amides is 1. The average molecular weight is 421 g/mol. The number of benzene rings is 2. The number of hydrogen-bond acceptors (Lipinski definition) is 6. The molecule has 0 radical (unpaired) electrons. The first kappa shape index (κ1) is 19.3. The van der Waals surface area contributed by atoms with Crippen molar-refractivity contribution in [2.24, 2.45) is 0 Å². The van der Waals surface area contributed by atoms with Crippen LogP contribution in [0.15, 0.2) is 47.4 Å². The molecule has 0 bridgehead atoms. The molecule has 1 heterocycles. The molecule has 0 saturated carbocycles. The van der Waals surface area contributed by atoms with E-state index in [1.54, 1.807) is 36.4 Å². The fourth-order valence-corrected chi connectivity index (χ4v) is 3.98. The summed E-state index contributed by atoms with van der Waals surface area (Å²) in [7, 11) is 0. The van der Waals surface area contributed by atoms with E-state index in [0.29, 0.717) is 32.1 Å². The number of nitro groups is 1. The van der Waals surface area contributed by atoms with Gasteiger partial charge in [-0.2, -0.15) is 0 Å². The topological polar surface area (TPSA) is 72.7 Å². The van der Waals surface area contributed by atoms with Crippen LogP contribution in [0.25, 0.3) is 6.08 Å². The molecule has 9 heteroatoms. The normalized spacial score (nSPS) is 15.5. The van der Waals surface area contributed by atoms with Gasteiger partial charge in [-0.1, -0.05) is 53.8 Å². The number of thiocarbonyl (C=S) groups is 1. The molecule has 0 unspecified atom stereocenters. The second-order valence-corrected chi connectivity index (χ2v) is 7.53. The van der Waals surface area contributed by atoms with E-state index >= 15 is 0 Å². The molecule has 2 aromatic carbocycles. The number of carbonyl (C=O) groups excluding carboxylic acids is 1. The highest BCUT2D eigenvalue weighted by molar-refractivity contribution is 8.26. The molecule has 1 aliphatic rings. The molecular weight excluding hydrogens is 408 g/mol. The summed E-state index contributed by atoms with van der Waals surface area (Å²) in [4.78, 5) is 25.1. The van der Waals surface area contributed by atoms with Crippen molar-refractivity contribution in [1.29, 1.82) is 0 Å². The van der Waals surface area contributed by atoms with Crippen molar-refractivity contribution in [1.82, 2.24) is 4.90 Å². The summed E-state index contributed by atoms with van der Waals surface area (Å²) in [6.07, 6.45) is 1.58. The Labute approximate surface area is 169 Å². The predicted molar refractivity (Wildman–Crippen MR) is 110 cm³/mol. The smallest absolute Gasteiger partial charge is 0.312 e. The number of hydrogen-bond donors (Lipinski definition) is 0. The van der Waals surface area contributed by atoms with Crippen LogP contribution in [-0.4, -0.2) is 26.6 Å². The summed E-state index contributed by atoms with van der Waals surface area (Å²) in [5.74, 6) is 0.178. The van der Waals surface area contributed by atoms with Crippen molar-refractivity contribution in [3.05, 3.63) is 68.1 Å². The van der Waals surface area contributed by atoms with Gasteiger partial charge in [-0.05, 0) is 36.8 Å². The molecule has 0 N–H and O–H groups in total. The van der Waals surface area contributed by atoms with E-state index in [2.05, 4.69) is 0 Å². The highest BCUT2D eigenvalue weighted by atomic mass is 35.5. The second kappa shape index (κ2) is 8.08. The third kappa shape index (κ3) is 4.13. The molecule has 27 heavy (non-hydrogen) atoms. The van der Waals surface area contributed by atoms with E-state index in [9.17, 15) is 14.9 Å². The van der Waals surface area contributed by atoms with Crippen LogP contribution in [-0.2, 0) is 4.79 Å². The van der Waals surface area contributed by atoms with Gasteiger partial charge in [0.05, 0.1) is 14.9 Å². The number of nitrogens with zero attached hydrogens (tertiary/aromatic N) is 2. The number of carbonyl (C=O) groups is 1. The minimum absolute atomic E-state index is 0.0614. The van der Waals surface area contributed by atoms with Gasteiger partial charge in [0.1, 0.15) is 10.1 Å². The molecule has 1 fully saturated rings. The minimum atomic E-state index is -0.541. The Bertz CT molecular complexity index is 978. The zero-order valence-corrected chi connectivity index (χ0v) is 16.4. The maximum atomic E-state index is 12.3. The van der Waals surface area contributed by atoms with Gasteiger partial charge in [-0.15, -0.1) is 0 Å². The Kier molecular flexibility index (Phi) is 5.79. The van der Waals surface area contributed by atoms with Crippen LogP contribution in [0.4, 0.5) is 5.69 Å². The first-order valence-electron chi connectivity index (χ1n) is 7.87. The summed E-state index contributed by atoms with van der Waals surface area (Å²) in [5.41, 5.74) is 0.277. The monoisotopic (exact) mass is 420 g/mol. The molecule has 0 spiro atoms. The molecular formula is C18H13ClN2O4S2. The van der Waals surface area contributed by atoms with Gasteiger partial charge < -0.3 is 4.74 Å². The Morgan fingerprint density at radius 2 is 2.04 bits per heavy atom. The van der Waals surface area contributed by atoms with E-state index in [4.69, 9.17) is 28.6 Å². The van der Waals surface area contributed by atoms with E-state index in [1.807, 2.05) is 6.92 Å². The van der Waals surface area contributed by atoms with E-state index < -0.39 is 4.92 Å². The molecule has 0 aliphatic carbocycles. The third-order valence-corrected chi connectivity index (χ3v) is 5.41. The minimum Gasteiger partial charge on any atom is -0.449 e. The van der Waals surface area contributed by atoms with Gasteiger partial charge in [0.15, 0.2) is 0 Å². The number of thioether (sulfide) groups is 1. The van der Waals surface area contributed by atoms with Gasteiger partial charge >= 0.3 is 5.69 Å². The third-order valence-electron chi connectivity index (χ3n) is 3.72. The van der Waals surface area contributed by atoms with Crippen molar-refractivity contribution < 1.29 is 14.5 Å². The van der Waals surface area contributed by atoms with Crippen molar-refractivity contribution in [2.45, 2.75) is 6.92 Å². The molecule has 0 aromatic heterocycles. The number of rotatable bonds is 5. The highest BCUT2D eigenvalue weighted by Gasteiger charge is 2.30. The summed E-state index contributed by atoms with van der Waals surface area (Å²) in [6, 6.07) is 11.2. The largest absolute Gasteiger partial charge is 0.449 e. The van der Waals surface area contributed by atoms with Gasteiger partial charge in [0, 0.05) is 12.6 Å². The Morgan fingerprint density at radius 1 is 1.30 bits per heavy atom. The van der Waals surface area contributed by atoms with Crippen molar-refractivity contribution in [3.8, 4) is 11.5 Å². The van der Waals surface area contributed by atoms with Crippen LogP contribution in [0.1, 0.15) is 12.5 Å². The van der Waals surface area contributed by atoms with Crippen LogP contribution >= 0.6 is 35.6 Å². The van der Waals surface area contributed by atoms with Crippen LogP contribution in [0.3, 0.4) is 0 Å². The van der Waals surface area contributed by atoms with E-state index in [-0.39, 0.29) is 17.3 Å². The van der Waals surface area contributed by atoms with Gasteiger partial charge in [0.2, 0.25) is 5.75 Å². The molecule has 2 aromatic rings. The number of halogens is 1. The average Bonchev–Trinajstić information content (AvgIpc) is 2.90. The quantitative estimate of drug-likeness (QED) is 0.284. The summed E-state index contributed by atoms with van der Waals surface area (Å²) in [6.45, 7) is 2.31. The zero-order valence-electron chi connectivity index (χ0n) is 14.0. The van der Waals surface area contributed by atoms with Crippen LogP contribution in [0.5, 0.6) is 11.5 Å². The fourth-order valence-electron chi connectivity index (χ4n) is 2.42. The summed E-state index contributed by atoms with van der Waals surface area (Å²) < 4.78 is 6.08. The maximum absolute atomic E-state index is 12.3. The molecule has 3 rings (SSSR count). The lowest BCUT2D eigenvalue weighted by molar-refractivity contribution is -0.385. The first-order chi connectivity index (χ1) is 12.9. The van der Waals surface area contributed by atoms with Crippen molar-refractivity contribution in [2.75, 3.05) is 6.54 Å². The molecule has 0 atom stereocenters. The Balaban J connectivity index is 1.94. The number of nitro benzene ring substituents is 1. The second-order valence-electron chi connectivity index (χ2n) is 5.44. The molecule has 1 amide bonds. The predicted octanol–water partition coefficient (Wildman–Crippen LogP) is 5.26. The number of para-hydroxylation sites is 1. The molecule has 1 saturated heterocycles. The molecule has 138 valence electrons. The lowest BCUT2D eigenvalue weighted by atomic mass is 10.1. The van der Waals surface area contributed by atoms with Crippen molar-refractivity contribution >= 4 is 57.6 Å². The lowest BCUT2D eigenvalue weighted by Crippen LogP contribution is -2.27. The zero-order chi connectivity index (χ0) is 19.6. The van der Waals surface area contributed by atoms with E-state index in [1.165, 1.54) is 28.8 Å². The van der Waals surface area contributed by atoms with Crippen LogP contribution in [0, 0.1) is 10.1 Å². The maximum Gasteiger partial charge on any atom is 0.312 e. The summed E-state index contributed by atoms with van der Waals surface area (Å²) >= 11 is 12.4. The number of likely N-dealkylation sites (N-methyl/N-ethyl adjacent to an activating group) is 1. The van der Waals surface area contributed by atoms with Gasteiger partial charge in [-0.25, -0.2) is 0 Å². The Morgan fingerprint density at radius 3 is 2.67 bits per heavy atom. The van der Waals surface area contributed by atoms with Crippen molar-refractivity contribution in [3.63, 3.8) is 0 Å². The van der Waals surface area contributed by atoms with E-state index in [0.717, 1.165) is 0 Å². The lowest BCUT2D eigenvalue weighted by Gasteiger charge is -2.09. The van der Waals surface area contributed by atoms with Crippen LogP contribution in [0.2, 0.25) is 5.02 Å². The molecule has 1 aliphatic heterocycles. The fraction of sp³-hybridized carbons (Fsp3) is 0.111. The van der Waals surface area contributed by atoms with Gasteiger partial charge in [0.25, 0.3) is 5.91 Å². The standard InChI is InChI=1S/C18H13ClN2O4S2/c1-2-20-17(22)16(27-18(20)26)10-11-7-8-15(13(9-11)21(23)24)25-14-6-4-3-5-12(14)19/h3-10H,2H2,1H3/b16-10+. The summed E-state index contributed by atoms with van der Waals surface area (Å²) in [5, 5.41) is 11.8. The molecule has 6 nitrogen and oxygen atoms in total. The number of ether oxygens (including phenoxy) is 1. The SMILES string of the molecule is CCN1C(=O)/C(=C\c2ccc(Oc3ccccc3Cl)c([N+](=O)[O-])c2)SC1=S. The Hall–Kier alpha value is -2.42. The van der Waals surface area contributed by atoms with Gasteiger partial charge in [-0.3, -0.25) is 19.8 Å². The highest BCUT2D eigenvalue weighted by Crippen LogP contribution is 2.37. The van der Waals surface area contributed by atoms with Crippen LogP contribution < -0.4 is 4.74 Å².